The molecule has 6 rings (SSSR count). The summed E-state index contributed by atoms with van der Waals surface area (Å²) in [5.41, 5.74) is 3.54. The topological polar surface area (TPSA) is 75.0 Å². The fourth-order valence-electron chi connectivity index (χ4n) is 4.72. The Kier molecular flexibility index (Phi) is 7.15. The number of thioether (sulfide) groups is 1. The number of carbonyl (C=O) groups is 1. The number of halogens is 1. The molecule has 2 aliphatic rings. The predicted molar refractivity (Wildman–Crippen MR) is 163 cm³/mol. The van der Waals surface area contributed by atoms with Crippen LogP contribution in [0.25, 0.3) is 22.5 Å². The first kappa shape index (κ1) is 25.9. The molecule has 8 heteroatoms. The van der Waals surface area contributed by atoms with Gasteiger partial charge in [-0.05, 0) is 52.6 Å². The molecule has 6 nitrogen and oxygen atoms in total. The molecule has 0 atom stereocenters. The third-order valence-electron chi connectivity index (χ3n) is 6.58. The first-order valence-corrected chi connectivity index (χ1v) is 14.0. The van der Waals surface area contributed by atoms with E-state index in [2.05, 4.69) is 23.2 Å². The maximum absolute atomic E-state index is 13.0. The van der Waals surface area contributed by atoms with Crippen LogP contribution in [0.5, 0.6) is 11.5 Å². The Bertz CT molecular complexity index is 1740. The van der Waals surface area contributed by atoms with Crippen molar-refractivity contribution in [3.8, 4) is 11.5 Å². The summed E-state index contributed by atoms with van der Waals surface area (Å²) in [5.74, 6) is 0.467. The lowest BCUT2D eigenvalue weighted by Gasteiger charge is -2.27. The molecule has 40 heavy (non-hydrogen) atoms. The SMILES string of the molecule is CCOc1cc(/C=C2/C(=N)N3C(c4ccccc4)=CSC3=NC2=O)cc(Cl)c1OCc1cccc2ccccc12. The Labute approximate surface area is 241 Å². The van der Waals surface area contributed by atoms with E-state index in [-0.39, 0.29) is 11.4 Å². The molecule has 0 bridgehead atoms. The van der Waals surface area contributed by atoms with Crippen LogP contribution in [-0.2, 0) is 11.4 Å². The van der Waals surface area contributed by atoms with Crippen molar-refractivity contribution in [1.29, 1.82) is 5.41 Å². The predicted octanol–water partition coefficient (Wildman–Crippen LogP) is 7.78. The van der Waals surface area contributed by atoms with Gasteiger partial charge in [-0.3, -0.25) is 15.1 Å². The highest BCUT2D eigenvalue weighted by Crippen LogP contribution is 2.40. The third kappa shape index (κ3) is 4.90. The average molecular weight is 566 g/mol. The quantitative estimate of drug-likeness (QED) is 0.232. The molecule has 198 valence electrons. The number of ether oxygens (including phenoxy) is 2. The van der Waals surface area contributed by atoms with Crippen LogP contribution in [0.15, 0.2) is 101 Å². The minimum absolute atomic E-state index is 0.0560. The van der Waals surface area contributed by atoms with Crippen molar-refractivity contribution < 1.29 is 14.3 Å². The third-order valence-corrected chi connectivity index (χ3v) is 7.69. The van der Waals surface area contributed by atoms with Crippen LogP contribution in [0.3, 0.4) is 0 Å². The van der Waals surface area contributed by atoms with Gasteiger partial charge in [0.05, 0.1) is 22.9 Å². The van der Waals surface area contributed by atoms with E-state index in [1.807, 2.05) is 66.9 Å². The molecule has 0 saturated heterocycles. The molecular formula is C32H24ClN3O3S. The van der Waals surface area contributed by atoms with Crippen molar-refractivity contribution in [3.05, 3.63) is 118 Å². The zero-order chi connectivity index (χ0) is 27.6. The molecule has 1 N–H and O–H groups in total. The van der Waals surface area contributed by atoms with Gasteiger partial charge >= 0.3 is 0 Å². The monoisotopic (exact) mass is 565 g/mol. The summed E-state index contributed by atoms with van der Waals surface area (Å²) in [4.78, 5) is 18.9. The second-order valence-electron chi connectivity index (χ2n) is 9.12. The van der Waals surface area contributed by atoms with Crippen LogP contribution in [0.2, 0.25) is 5.02 Å². The highest BCUT2D eigenvalue weighted by Gasteiger charge is 2.36. The molecule has 0 aliphatic carbocycles. The highest BCUT2D eigenvalue weighted by molar-refractivity contribution is 8.17. The van der Waals surface area contributed by atoms with Gasteiger partial charge in [0, 0.05) is 5.41 Å². The number of nitrogens with zero attached hydrogens (tertiary/aromatic N) is 2. The molecule has 0 aromatic heterocycles. The zero-order valence-electron chi connectivity index (χ0n) is 21.6. The van der Waals surface area contributed by atoms with Gasteiger partial charge in [-0.2, -0.15) is 4.99 Å². The Hall–Kier alpha value is -4.33. The standard InChI is InChI=1S/C32H24ClN3O3S/c1-2-38-28-17-20(16-26(33)29(28)39-18-23-13-8-12-21-9-6-7-14-24(21)23)15-25-30(34)36-27(22-10-4-3-5-11-22)19-40-32(36)35-31(25)37/h3-17,19,34H,2,18H2,1H3/b25-15-,34-30?. The maximum Gasteiger partial charge on any atom is 0.283 e. The molecule has 0 saturated carbocycles. The largest absolute Gasteiger partial charge is 0.490 e. The van der Waals surface area contributed by atoms with E-state index in [9.17, 15) is 4.79 Å². The number of carbonyl (C=O) groups excluding carboxylic acids is 1. The van der Waals surface area contributed by atoms with E-state index < -0.39 is 5.91 Å². The number of rotatable bonds is 7. The van der Waals surface area contributed by atoms with Crippen molar-refractivity contribution in [1.82, 2.24) is 4.90 Å². The van der Waals surface area contributed by atoms with E-state index in [1.54, 1.807) is 23.1 Å². The summed E-state index contributed by atoms with van der Waals surface area (Å²) in [6.07, 6.45) is 1.62. The van der Waals surface area contributed by atoms with Gasteiger partial charge in [0.2, 0.25) is 0 Å². The Morgan fingerprint density at radius 1 is 1.00 bits per heavy atom. The molecule has 1 amide bonds. The number of amidine groups is 2. The summed E-state index contributed by atoms with van der Waals surface area (Å²) in [5, 5.41) is 13.9. The van der Waals surface area contributed by atoms with Crippen molar-refractivity contribution in [2.24, 2.45) is 4.99 Å². The molecule has 2 aliphatic heterocycles. The van der Waals surface area contributed by atoms with Crippen molar-refractivity contribution in [2.75, 3.05) is 6.61 Å². The van der Waals surface area contributed by atoms with E-state index in [4.69, 9.17) is 26.5 Å². The van der Waals surface area contributed by atoms with Crippen LogP contribution in [0.4, 0.5) is 0 Å². The number of amides is 1. The van der Waals surface area contributed by atoms with Gasteiger partial charge in [0.25, 0.3) is 5.91 Å². The number of nitrogens with one attached hydrogen (secondary N) is 1. The van der Waals surface area contributed by atoms with Gasteiger partial charge in [-0.15, -0.1) is 0 Å². The van der Waals surface area contributed by atoms with Gasteiger partial charge in [0.15, 0.2) is 16.7 Å². The van der Waals surface area contributed by atoms with E-state index in [0.29, 0.717) is 40.5 Å². The van der Waals surface area contributed by atoms with Crippen LogP contribution >= 0.6 is 23.4 Å². The smallest absolute Gasteiger partial charge is 0.283 e. The van der Waals surface area contributed by atoms with Crippen molar-refractivity contribution in [2.45, 2.75) is 13.5 Å². The van der Waals surface area contributed by atoms with Gasteiger partial charge in [-0.1, -0.05) is 96.2 Å². The average Bonchev–Trinajstić information content (AvgIpc) is 3.39. The summed E-state index contributed by atoms with van der Waals surface area (Å²) in [6, 6.07) is 27.5. The maximum atomic E-state index is 13.0. The Morgan fingerprint density at radius 2 is 1.77 bits per heavy atom. The number of hydrogen-bond acceptors (Lipinski definition) is 5. The van der Waals surface area contributed by atoms with Gasteiger partial charge in [-0.25, -0.2) is 0 Å². The fraction of sp³-hybridized carbons (Fsp3) is 0.0938. The van der Waals surface area contributed by atoms with Gasteiger partial charge < -0.3 is 9.47 Å². The number of aliphatic imine (C=N–C) groups is 1. The molecule has 4 aromatic carbocycles. The number of benzene rings is 4. The minimum atomic E-state index is -0.475. The second kappa shape index (κ2) is 11.0. The zero-order valence-corrected chi connectivity index (χ0v) is 23.1. The van der Waals surface area contributed by atoms with Crippen LogP contribution < -0.4 is 9.47 Å². The molecule has 4 aromatic rings. The minimum Gasteiger partial charge on any atom is -0.490 e. The molecule has 0 radical (unpaired) electrons. The normalized spacial score (nSPS) is 15.8. The first-order chi connectivity index (χ1) is 19.5. The van der Waals surface area contributed by atoms with Crippen LogP contribution in [0.1, 0.15) is 23.6 Å². The molecule has 0 spiro atoms. The molecule has 0 unspecified atom stereocenters. The fourth-order valence-corrected chi connectivity index (χ4v) is 5.89. The van der Waals surface area contributed by atoms with Gasteiger partial charge in [0.1, 0.15) is 12.4 Å². The summed E-state index contributed by atoms with van der Waals surface area (Å²) < 4.78 is 12.1. The Balaban J connectivity index is 1.31. The highest BCUT2D eigenvalue weighted by atomic mass is 35.5. The lowest BCUT2D eigenvalue weighted by atomic mass is 10.0. The summed E-state index contributed by atoms with van der Waals surface area (Å²) in [6.45, 7) is 2.59. The van der Waals surface area contributed by atoms with E-state index >= 15 is 0 Å². The second-order valence-corrected chi connectivity index (χ2v) is 10.4. The molecule has 2 heterocycles. The number of fused-ring (bicyclic) bond motifs is 2. The lowest BCUT2D eigenvalue weighted by molar-refractivity contribution is -0.114. The molecule has 0 fully saturated rings. The van der Waals surface area contributed by atoms with Crippen LogP contribution in [-0.4, -0.2) is 28.4 Å². The first-order valence-electron chi connectivity index (χ1n) is 12.8. The van der Waals surface area contributed by atoms with E-state index in [1.165, 1.54) is 11.8 Å². The van der Waals surface area contributed by atoms with E-state index in [0.717, 1.165) is 27.6 Å². The number of hydrogen-bond donors (Lipinski definition) is 1. The Morgan fingerprint density at radius 3 is 2.60 bits per heavy atom. The summed E-state index contributed by atoms with van der Waals surface area (Å²) >= 11 is 8.04. The summed E-state index contributed by atoms with van der Waals surface area (Å²) in [7, 11) is 0. The van der Waals surface area contributed by atoms with Crippen molar-refractivity contribution >= 4 is 62.8 Å². The lowest BCUT2D eigenvalue weighted by Crippen LogP contribution is -2.38. The van der Waals surface area contributed by atoms with Crippen molar-refractivity contribution in [3.63, 3.8) is 0 Å². The van der Waals surface area contributed by atoms with Crippen LogP contribution in [0, 0.1) is 5.41 Å². The molecular weight excluding hydrogens is 542 g/mol.